The third kappa shape index (κ3) is 3.58. The minimum absolute atomic E-state index is 0.360. The molecule has 0 radical (unpaired) electrons. The maximum atomic E-state index is 9.06. The molecule has 7 heteroatoms. The van der Waals surface area contributed by atoms with Crippen LogP contribution in [0.1, 0.15) is 5.56 Å². The van der Waals surface area contributed by atoms with Gasteiger partial charge in [-0.1, -0.05) is 24.3 Å². The Morgan fingerprint density at radius 2 is 1.87 bits per heavy atom. The molecule has 3 rings (SSSR count). The van der Waals surface area contributed by atoms with Crippen LogP contribution in [0.25, 0.3) is 11.0 Å². The second kappa shape index (κ2) is 6.64. The average molecular weight is 310 g/mol. The summed E-state index contributed by atoms with van der Waals surface area (Å²) in [5.74, 6) is 1.15. The minimum atomic E-state index is -1.46. The molecule has 6 nitrogen and oxygen atoms in total. The third-order valence-electron chi connectivity index (χ3n) is 3.38. The van der Waals surface area contributed by atoms with Crippen molar-refractivity contribution in [2.75, 3.05) is 7.11 Å². The van der Waals surface area contributed by atoms with Crippen LogP contribution in [-0.2, 0) is 6.61 Å². The molecule has 0 aliphatic carbocycles. The summed E-state index contributed by atoms with van der Waals surface area (Å²) in [7, 11) is 0.103. The molecule has 0 unspecified atom stereocenters. The highest BCUT2D eigenvalue weighted by atomic mass is 16.5. The van der Waals surface area contributed by atoms with Gasteiger partial charge in [0, 0.05) is 11.5 Å². The zero-order valence-electron chi connectivity index (χ0n) is 12.5. The van der Waals surface area contributed by atoms with Gasteiger partial charge in [-0.3, -0.25) is 0 Å². The van der Waals surface area contributed by atoms with E-state index in [2.05, 4.69) is 9.97 Å². The van der Waals surface area contributed by atoms with E-state index in [4.69, 9.17) is 19.5 Å². The fraction of sp³-hybridized carbons (Fsp3) is 0.125. The highest BCUT2D eigenvalue weighted by Gasteiger charge is 2.09. The molecule has 0 saturated carbocycles. The van der Waals surface area contributed by atoms with Gasteiger partial charge in [0.15, 0.2) is 5.65 Å². The predicted octanol–water partition coefficient (Wildman–Crippen LogP) is 0.897. The molecule has 116 valence electrons. The molecular formula is C16H15BN2O4. The number of pyridine rings is 2. The summed E-state index contributed by atoms with van der Waals surface area (Å²) in [4.78, 5) is 8.50. The van der Waals surface area contributed by atoms with Crippen molar-refractivity contribution in [3.8, 4) is 11.6 Å². The van der Waals surface area contributed by atoms with Crippen LogP contribution in [0.5, 0.6) is 11.6 Å². The van der Waals surface area contributed by atoms with E-state index < -0.39 is 7.12 Å². The van der Waals surface area contributed by atoms with E-state index in [0.717, 1.165) is 10.9 Å². The topological polar surface area (TPSA) is 84.7 Å². The first-order chi connectivity index (χ1) is 11.2. The fourth-order valence-corrected chi connectivity index (χ4v) is 2.12. The predicted molar refractivity (Wildman–Crippen MR) is 86.7 cm³/mol. The smallest absolute Gasteiger partial charge is 0.487 e. The first kappa shape index (κ1) is 15.3. The molecule has 0 amide bonds. The van der Waals surface area contributed by atoms with Crippen LogP contribution < -0.4 is 14.9 Å². The monoisotopic (exact) mass is 310 g/mol. The highest BCUT2D eigenvalue weighted by molar-refractivity contribution is 6.58. The summed E-state index contributed by atoms with van der Waals surface area (Å²) in [5.41, 5.74) is 1.96. The van der Waals surface area contributed by atoms with Gasteiger partial charge in [-0.05, 0) is 23.2 Å². The molecule has 0 atom stereocenters. The van der Waals surface area contributed by atoms with E-state index in [9.17, 15) is 0 Å². The normalized spacial score (nSPS) is 10.6. The van der Waals surface area contributed by atoms with Crippen molar-refractivity contribution in [1.29, 1.82) is 0 Å². The maximum absolute atomic E-state index is 9.06. The number of ether oxygens (including phenoxy) is 2. The Morgan fingerprint density at radius 3 is 2.57 bits per heavy atom. The zero-order valence-corrected chi connectivity index (χ0v) is 12.5. The maximum Gasteiger partial charge on any atom is 0.488 e. The molecule has 0 aliphatic rings. The molecule has 2 N–H and O–H groups in total. The van der Waals surface area contributed by atoms with Crippen molar-refractivity contribution >= 4 is 23.6 Å². The van der Waals surface area contributed by atoms with Gasteiger partial charge >= 0.3 is 7.12 Å². The fourth-order valence-electron chi connectivity index (χ4n) is 2.12. The van der Waals surface area contributed by atoms with Gasteiger partial charge in [-0.15, -0.1) is 0 Å². The number of hydrogen-bond donors (Lipinski definition) is 2. The summed E-state index contributed by atoms with van der Waals surface area (Å²) in [5, 5.41) is 19.0. The Labute approximate surface area is 133 Å². The van der Waals surface area contributed by atoms with Gasteiger partial charge in [0.1, 0.15) is 12.4 Å². The van der Waals surface area contributed by atoms with Crippen LogP contribution in [0.2, 0.25) is 0 Å². The van der Waals surface area contributed by atoms with Gasteiger partial charge in [0.05, 0.1) is 13.3 Å². The Bertz CT molecular complexity index is 809. The van der Waals surface area contributed by atoms with Crippen molar-refractivity contribution in [2.45, 2.75) is 6.61 Å². The van der Waals surface area contributed by atoms with Crippen molar-refractivity contribution in [1.82, 2.24) is 9.97 Å². The molecule has 0 saturated heterocycles. The quantitative estimate of drug-likeness (QED) is 0.681. The van der Waals surface area contributed by atoms with Crippen molar-refractivity contribution in [3.05, 3.63) is 54.2 Å². The number of benzene rings is 1. The number of aromatic nitrogens is 2. The van der Waals surface area contributed by atoms with E-state index >= 15 is 0 Å². The molecule has 2 aromatic heterocycles. The number of hydrogen-bond acceptors (Lipinski definition) is 6. The number of nitrogens with zero attached hydrogens (tertiary/aromatic N) is 2. The van der Waals surface area contributed by atoms with E-state index in [1.807, 2.05) is 12.1 Å². The van der Waals surface area contributed by atoms with Crippen LogP contribution in [0.3, 0.4) is 0 Å². The lowest BCUT2D eigenvalue weighted by molar-refractivity contribution is 0.305. The first-order valence-electron chi connectivity index (χ1n) is 7.04. The van der Waals surface area contributed by atoms with Crippen LogP contribution in [0.15, 0.2) is 48.7 Å². The van der Waals surface area contributed by atoms with E-state index in [1.165, 1.54) is 0 Å². The largest absolute Gasteiger partial charge is 0.488 e. The van der Waals surface area contributed by atoms with Crippen LogP contribution in [-0.4, -0.2) is 34.2 Å². The standard InChI is InChI=1S/C16H15BN2O4/c1-22-15-7-4-12-8-14(9-18-16(12)19-15)23-10-11-2-5-13(6-3-11)17(20)21/h2-9,20-21H,10H2,1H3. The van der Waals surface area contributed by atoms with Crippen molar-refractivity contribution in [2.24, 2.45) is 0 Å². The molecule has 0 bridgehead atoms. The molecule has 3 aromatic rings. The third-order valence-corrected chi connectivity index (χ3v) is 3.38. The molecule has 0 fully saturated rings. The average Bonchev–Trinajstić information content (AvgIpc) is 2.59. The summed E-state index contributed by atoms with van der Waals surface area (Å²) < 4.78 is 10.8. The van der Waals surface area contributed by atoms with Crippen molar-refractivity contribution < 1.29 is 19.5 Å². The summed E-state index contributed by atoms with van der Waals surface area (Å²) >= 11 is 0. The molecule has 0 aliphatic heterocycles. The highest BCUT2D eigenvalue weighted by Crippen LogP contribution is 2.20. The Hall–Kier alpha value is -2.64. The Kier molecular flexibility index (Phi) is 4.41. The summed E-state index contributed by atoms with van der Waals surface area (Å²) in [6, 6.07) is 12.4. The zero-order chi connectivity index (χ0) is 16.2. The van der Waals surface area contributed by atoms with Crippen LogP contribution in [0, 0.1) is 0 Å². The van der Waals surface area contributed by atoms with E-state index in [1.54, 1.807) is 43.6 Å². The van der Waals surface area contributed by atoms with Gasteiger partial charge in [0.2, 0.25) is 5.88 Å². The second-order valence-corrected chi connectivity index (χ2v) is 4.98. The molecule has 2 heterocycles. The first-order valence-corrected chi connectivity index (χ1v) is 7.04. The number of methoxy groups -OCH3 is 1. The van der Waals surface area contributed by atoms with Crippen LogP contribution in [0.4, 0.5) is 0 Å². The van der Waals surface area contributed by atoms with Gasteiger partial charge in [-0.25, -0.2) is 4.98 Å². The SMILES string of the molecule is COc1ccc2cc(OCc3ccc(B(O)O)cc3)cnc2n1. The van der Waals surface area contributed by atoms with E-state index in [0.29, 0.717) is 29.3 Å². The minimum Gasteiger partial charge on any atom is -0.487 e. The van der Waals surface area contributed by atoms with Gasteiger partial charge < -0.3 is 19.5 Å². The second-order valence-electron chi connectivity index (χ2n) is 4.98. The molecule has 23 heavy (non-hydrogen) atoms. The van der Waals surface area contributed by atoms with Crippen LogP contribution >= 0.6 is 0 Å². The molecular weight excluding hydrogens is 295 g/mol. The van der Waals surface area contributed by atoms with Gasteiger partial charge in [0.25, 0.3) is 0 Å². The summed E-state index contributed by atoms with van der Waals surface area (Å²) in [6.07, 6.45) is 1.61. The lowest BCUT2D eigenvalue weighted by Crippen LogP contribution is -2.29. The molecule has 1 aromatic carbocycles. The number of fused-ring (bicyclic) bond motifs is 1. The Balaban J connectivity index is 1.71. The Morgan fingerprint density at radius 1 is 1.09 bits per heavy atom. The number of rotatable bonds is 5. The summed E-state index contributed by atoms with van der Waals surface area (Å²) in [6.45, 7) is 0.360. The molecule has 0 spiro atoms. The van der Waals surface area contributed by atoms with Gasteiger partial charge in [-0.2, -0.15) is 4.98 Å². The lowest BCUT2D eigenvalue weighted by Gasteiger charge is -2.08. The van der Waals surface area contributed by atoms with Crippen molar-refractivity contribution in [3.63, 3.8) is 0 Å². The van der Waals surface area contributed by atoms with E-state index in [-0.39, 0.29) is 0 Å². The lowest BCUT2D eigenvalue weighted by atomic mass is 9.80.